The number of nitrogens with two attached hydrogens (primary N) is 1. The average molecular weight is 392 g/mol. The third-order valence-electron chi connectivity index (χ3n) is 3.68. The molecule has 27 heavy (non-hydrogen) atoms. The minimum absolute atomic E-state index is 0.429. The van der Waals surface area contributed by atoms with E-state index in [2.05, 4.69) is 10.6 Å². The van der Waals surface area contributed by atoms with Gasteiger partial charge in [-0.3, -0.25) is 14.4 Å². The number of hydrogen-bond donors (Lipinski definition) is 8. The number of amides is 3. The fourth-order valence-corrected chi connectivity index (χ4v) is 1.92. The largest absolute Gasteiger partial charge is 0.480 e. The number of nitrogens with one attached hydrogen (secondary N) is 3. The summed E-state index contributed by atoms with van der Waals surface area (Å²) in [4.78, 5) is 47.2. The van der Waals surface area contributed by atoms with Crippen LogP contribution in [0.4, 0.5) is 0 Å². The molecule has 0 heterocycles. The summed E-state index contributed by atoms with van der Waals surface area (Å²) >= 11 is 0. The van der Waals surface area contributed by atoms with Crippen LogP contribution < -0.4 is 21.7 Å². The van der Waals surface area contributed by atoms with Crippen molar-refractivity contribution in [3.05, 3.63) is 0 Å². The SMILES string of the molecule is CC(C)[C@H](NC(=O)[C@@H](N)[C@@H](C)O)C(=O)N[C@@H](CO)C(=O)N[C@@H](CO)C(=O)O. The smallest absolute Gasteiger partial charge is 0.328 e. The molecule has 0 unspecified atom stereocenters. The minimum atomic E-state index is -1.60. The third kappa shape index (κ3) is 7.86. The number of aliphatic hydroxyl groups excluding tert-OH is 3. The lowest BCUT2D eigenvalue weighted by Gasteiger charge is -2.26. The number of hydrogen-bond acceptors (Lipinski definition) is 8. The van der Waals surface area contributed by atoms with Crippen molar-refractivity contribution in [2.45, 2.75) is 51.0 Å². The van der Waals surface area contributed by atoms with Gasteiger partial charge in [0.2, 0.25) is 17.7 Å². The topological polar surface area (TPSA) is 211 Å². The maximum atomic E-state index is 12.4. The van der Waals surface area contributed by atoms with E-state index in [0.29, 0.717) is 0 Å². The molecule has 0 radical (unpaired) electrons. The zero-order valence-electron chi connectivity index (χ0n) is 15.4. The highest BCUT2D eigenvalue weighted by atomic mass is 16.4. The minimum Gasteiger partial charge on any atom is -0.480 e. The monoisotopic (exact) mass is 392 g/mol. The van der Waals surface area contributed by atoms with E-state index in [-0.39, 0.29) is 0 Å². The zero-order valence-corrected chi connectivity index (χ0v) is 15.4. The molecule has 0 bridgehead atoms. The van der Waals surface area contributed by atoms with E-state index in [0.717, 1.165) is 0 Å². The van der Waals surface area contributed by atoms with E-state index in [4.69, 9.17) is 15.9 Å². The van der Waals surface area contributed by atoms with E-state index in [1.54, 1.807) is 13.8 Å². The molecule has 0 aromatic rings. The van der Waals surface area contributed by atoms with Crippen molar-refractivity contribution in [2.24, 2.45) is 11.7 Å². The maximum absolute atomic E-state index is 12.4. The van der Waals surface area contributed by atoms with Gasteiger partial charge < -0.3 is 42.1 Å². The molecule has 0 saturated carbocycles. The standard InChI is InChI=1S/C15H28N4O8/c1-6(2)11(19-13(24)10(16)7(3)22)14(25)17-8(4-20)12(23)18-9(5-21)15(26)27/h6-11,20-22H,4-5,16H2,1-3H3,(H,17,25)(H,18,23)(H,19,24)(H,26,27)/t7-,8+,9+,10+,11+/m1/s1. The normalized spacial score (nSPS) is 16.6. The number of carboxylic acid groups (broad SMARTS) is 1. The van der Waals surface area contributed by atoms with Crippen molar-refractivity contribution in [2.75, 3.05) is 13.2 Å². The molecule has 0 spiro atoms. The first-order valence-corrected chi connectivity index (χ1v) is 8.25. The molecule has 12 nitrogen and oxygen atoms in total. The van der Waals surface area contributed by atoms with Crippen molar-refractivity contribution in [3.63, 3.8) is 0 Å². The van der Waals surface area contributed by atoms with Crippen molar-refractivity contribution in [1.82, 2.24) is 16.0 Å². The molecule has 5 atom stereocenters. The summed E-state index contributed by atoms with van der Waals surface area (Å²) < 4.78 is 0. The van der Waals surface area contributed by atoms with E-state index < -0.39 is 73.1 Å². The van der Waals surface area contributed by atoms with Crippen LogP contribution in [0.25, 0.3) is 0 Å². The molecular weight excluding hydrogens is 364 g/mol. The van der Waals surface area contributed by atoms with Crippen LogP contribution in [0.2, 0.25) is 0 Å². The van der Waals surface area contributed by atoms with Gasteiger partial charge >= 0.3 is 5.97 Å². The Bertz CT molecular complexity index is 540. The van der Waals surface area contributed by atoms with E-state index in [1.165, 1.54) is 6.92 Å². The molecule has 0 fully saturated rings. The number of rotatable bonds is 11. The Labute approximate surface area is 156 Å². The molecular formula is C15H28N4O8. The number of carbonyl (C=O) groups is 4. The first-order chi connectivity index (χ1) is 12.5. The molecule has 0 saturated heterocycles. The Balaban J connectivity index is 5.10. The molecule has 0 aliphatic carbocycles. The molecule has 156 valence electrons. The molecule has 0 aliphatic heterocycles. The zero-order chi connectivity index (χ0) is 21.3. The quantitative estimate of drug-likeness (QED) is 0.171. The predicted octanol–water partition coefficient (Wildman–Crippen LogP) is -4.13. The fourth-order valence-electron chi connectivity index (χ4n) is 1.92. The van der Waals surface area contributed by atoms with Gasteiger partial charge in [0.1, 0.15) is 24.2 Å². The number of carbonyl (C=O) groups excluding carboxylic acids is 3. The van der Waals surface area contributed by atoms with Crippen molar-refractivity contribution in [1.29, 1.82) is 0 Å². The second-order valence-corrected chi connectivity index (χ2v) is 6.32. The Kier molecular flexibility index (Phi) is 10.5. The molecule has 0 aromatic heterocycles. The lowest BCUT2D eigenvalue weighted by molar-refractivity contribution is -0.143. The summed E-state index contributed by atoms with van der Waals surface area (Å²) in [6.45, 7) is 2.80. The summed E-state index contributed by atoms with van der Waals surface area (Å²) in [7, 11) is 0. The van der Waals surface area contributed by atoms with Gasteiger partial charge in [0, 0.05) is 0 Å². The van der Waals surface area contributed by atoms with Crippen LogP contribution in [0.3, 0.4) is 0 Å². The van der Waals surface area contributed by atoms with Gasteiger partial charge in [0.05, 0.1) is 19.3 Å². The van der Waals surface area contributed by atoms with Crippen molar-refractivity contribution in [3.8, 4) is 0 Å². The van der Waals surface area contributed by atoms with Crippen LogP contribution >= 0.6 is 0 Å². The van der Waals surface area contributed by atoms with Crippen LogP contribution in [0.1, 0.15) is 20.8 Å². The second kappa shape index (κ2) is 11.4. The van der Waals surface area contributed by atoms with Gasteiger partial charge in [-0.05, 0) is 12.8 Å². The maximum Gasteiger partial charge on any atom is 0.328 e. The van der Waals surface area contributed by atoms with Gasteiger partial charge in [-0.15, -0.1) is 0 Å². The highest BCUT2D eigenvalue weighted by molar-refractivity contribution is 5.94. The summed E-state index contributed by atoms with van der Waals surface area (Å²) in [6.07, 6.45) is -1.15. The molecule has 0 aliphatic rings. The van der Waals surface area contributed by atoms with Gasteiger partial charge in [-0.25, -0.2) is 4.79 Å². The first kappa shape index (κ1) is 24.7. The van der Waals surface area contributed by atoms with Crippen LogP contribution in [0.15, 0.2) is 0 Å². The Morgan fingerprint density at radius 2 is 1.33 bits per heavy atom. The van der Waals surface area contributed by atoms with Crippen LogP contribution in [0.5, 0.6) is 0 Å². The van der Waals surface area contributed by atoms with Gasteiger partial charge in [-0.1, -0.05) is 13.8 Å². The number of aliphatic carboxylic acids is 1. The van der Waals surface area contributed by atoms with Crippen molar-refractivity contribution < 1.29 is 39.6 Å². The molecule has 0 aromatic carbocycles. The predicted molar refractivity (Wildman–Crippen MR) is 92.1 cm³/mol. The molecule has 12 heteroatoms. The van der Waals surface area contributed by atoms with E-state index >= 15 is 0 Å². The summed E-state index contributed by atoms with van der Waals surface area (Å²) in [5, 5.41) is 42.9. The Morgan fingerprint density at radius 3 is 1.70 bits per heavy atom. The third-order valence-corrected chi connectivity index (χ3v) is 3.68. The number of aliphatic hydroxyl groups is 3. The lowest BCUT2D eigenvalue weighted by Crippen LogP contribution is -2.60. The fraction of sp³-hybridized carbons (Fsp3) is 0.733. The van der Waals surface area contributed by atoms with E-state index in [1.807, 2.05) is 5.32 Å². The molecule has 0 rings (SSSR count). The first-order valence-electron chi connectivity index (χ1n) is 8.25. The summed E-state index contributed by atoms with van der Waals surface area (Å²) in [6, 6.07) is -5.50. The van der Waals surface area contributed by atoms with E-state index in [9.17, 15) is 29.4 Å². The van der Waals surface area contributed by atoms with Gasteiger partial charge in [0.15, 0.2) is 0 Å². The highest BCUT2D eigenvalue weighted by Crippen LogP contribution is 2.04. The molecule has 9 N–H and O–H groups in total. The average Bonchev–Trinajstić information content (AvgIpc) is 2.59. The van der Waals surface area contributed by atoms with Crippen LogP contribution in [-0.2, 0) is 19.2 Å². The Hall–Kier alpha value is -2.28. The summed E-state index contributed by atoms with van der Waals surface area (Å²) in [5.41, 5.74) is 5.51. The Morgan fingerprint density at radius 1 is 0.852 bits per heavy atom. The van der Waals surface area contributed by atoms with Crippen molar-refractivity contribution >= 4 is 23.7 Å². The second-order valence-electron chi connectivity index (χ2n) is 6.32. The highest BCUT2D eigenvalue weighted by Gasteiger charge is 2.31. The number of carboxylic acids is 1. The molecule has 3 amide bonds. The van der Waals surface area contributed by atoms with Crippen LogP contribution in [0, 0.1) is 5.92 Å². The van der Waals surface area contributed by atoms with Crippen LogP contribution in [-0.4, -0.2) is 87.6 Å². The van der Waals surface area contributed by atoms with Gasteiger partial charge in [-0.2, -0.15) is 0 Å². The van der Waals surface area contributed by atoms with Gasteiger partial charge in [0.25, 0.3) is 0 Å². The summed E-state index contributed by atoms with van der Waals surface area (Å²) in [5.74, 6) is -4.55. The lowest BCUT2D eigenvalue weighted by atomic mass is 10.0.